The molecule has 1 saturated heterocycles. The molecule has 2 amide bonds. The SMILES string of the molecule is COC(=O)C[C@H]1CC[C@H]2[C@H](COc3ccc(NC(=O)c4ccccc4)cc3C(=O)N2C)O1. The highest BCUT2D eigenvalue weighted by atomic mass is 16.5. The van der Waals surface area contributed by atoms with Gasteiger partial charge in [0.25, 0.3) is 11.8 Å². The van der Waals surface area contributed by atoms with Gasteiger partial charge in [0.1, 0.15) is 18.5 Å². The van der Waals surface area contributed by atoms with Gasteiger partial charge in [0, 0.05) is 18.3 Å². The summed E-state index contributed by atoms with van der Waals surface area (Å²) in [4.78, 5) is 39.0. The second kappa shape index (κ2) is 9.40. The number of carbonyl (C=O) groups is 3. The standard InChI is InChI=1S/C24H26N2O6/c1-26-19-10-9-17(13-22(27)30-2)32-21(19)14-31-20-11-8-16(12-18(20)24(26)29)25-23(28)15-6-4-3-5-7-15/h3-8,11-12,17,19,21H,9-10,13-14H2,1-2H3,(H,25,28)/t17-,19+,21+/m1/s1. The zero-order valence-corrected chi connectivity index (χ0v) is 18.1. The molecule has 0 aromatic heterocycles. The van der Waals surface area contributed by atoms with Crippen LogP contribution < -0.4 is 10.1 Å². The van der Waals surface area contributed by atoms with Crippen LogP contribution in [-0.2, 0) is 14.3 Å². The Labute approximate surface area is 186 Å². The Kier molecular flexibility index (Phi) is 6.41. The van der Waals surface area contributed by atoms with Crippen LogP contribution in [0.2, 0.25) is 0 Å². The van der Waals surface area contributed by atoms with Gasteiger partial charge in [-0.3, -0.25) is 14.4 Å². The summed E-state index contributed by atoms with van der Waals surface area (Å²) in [6.45, 7) is 0.253. The minimum Gasteiger partial charge on any atom is -0.490 e. The normalized spacial score (nSPS) is 22.5. The molecule has 2 aromatic rings. The highest BCUT2D eigenvalue weighted by molar-refractivity contribution is 6.05. The Bertz CT molecular complexity index is 1010. The molecule has 0 unspecified atom stereocenters. The molecule has 2 aliphatic heterocycles. The van der Waals surface area contributed by atoms with E-state index >= 15 is 0 Å². The highest BCUT2D eigenvalue weighted by Crippen LogP contribution is 2.32. The van der Waals surface area contributed by atoms with Crippen molar-refractivity contribution in [3.63, 3.8) is 0 Å². The minimum absolute atomic E-state index is 0.174. The van der Waals surface area contributed by atoms with Crippen molar-refractivity contribution in [2.75, 3.05) is 26.1 Å². The van der Waals surface area contributed by atoms with Gasteiger partial charge in [-0.15, -0.1) is 0 Å². The number of likely N-dealkylation sites (N-methyl/N-ethyl adjacent to an activating group) is 1. The number of hydrogen-bond acceptors (Lipinski definition) is 6. The summed E-state index contributed by atoms with van der Waals surface area (Å²) in [6, 6.07) is 13.7. The summed E-state index contributed by atoms with van der Waals surface area (Å²) >= 11 is 0. The number of esters is 1. The lowest BCUT2D eigenvalue weighted by Gasteiger charge is -2.42. The predicted octanol–water partition coefficient (Wildman–Crippen LogP) is 2.88. The highest BCUT2D eigenvalue weighted by Gasteiger charge is 2.39. The fraction of sp³-hybridized carbons (Fsp3) is 0.375. The molecule has 0 saturated carbocycles. The molecule has 168 valence electrons. The van der Waals surface area contributed by atoms with E-state index in [2.05, 4.69) is 5.32 Å². The van der Waals surface area contributed by atoms with Crippen LogP contribution in [-0.4, -0.2) is 61.7 Å². The predicted molar refractivity (Wildman–Crippen MR) is 117 cm³/mol. The topological polar surface area (TPSA) is 94.2 Å². The lowest BCUT2D eigenvalue weighted by molar-refractivity contribution is -0.151. The number of amides is 2. The fourth-order valence-electron chi connectivity index (χ4n) is 4.17. The van der Waals surface area contributed by atoms with Gasteiger partial charge in [-0.2, -0.15) is 0 Å². The third-order valence-electron chi connectivity index (χ3n) is 5.93. The second-order valence-corrected chi connectivity index (χ2v) is 7.98. The van der Waals surface area contributed by atoms with Crippen LogP contribution in [0.3, 0.4) is 0 Å². The molecule has 2 aliphatic rings. The van der Waals surface area contributed by atoms with Crippen molar-refractivity contribution in [2.24, 2.45) is 0 Å². The number of nitrogens with zero attached hydrogens (tertiary/aromatic N) is 1. The monoisotopic (exact) mass is 438 g/mol. The van der Waals surface area contributed by atoms with Gasteiger partial charge >= 0.3 is 5.97 Å². The summed E-state index contributed by atoms with van der Waals surface area (Å²) in [7, 11) is 3.10. The molecule has 2 heterocycles. The average molecular weight is 438 g/mol. The maximum atomic E-state index is 13.3. The first-order valence-corrected chi connectivity index (χ1v) is 10.6. The van der Waals surface area contributed by atoms with E-state index in [1.807, 2.05) is 6.07 Å². The summed E-state index contributed by atoms with van der Waals surface area (Å²) in [5, 5.41) is 2.83. The van der Waals surface area contributed by atoms with Crippen LogP contribution in [0.5, 0.6) is 5.75 Å². The van der Waals surface area contributed by atoms with Crippen LogP contribution >= 0.6 is 0 Å². The van der Waals surface area contributed by atoms with Gasteiger partial charge in [-0.1, -0.05) is 18.2 Å². The van der Waals surface area contributed by atoms with Gasteiger partial charge in [0.05, 0.1) is 31.2 Å². The molecular weight excluding hydrogens is 412 g/mol. The third kappa shape index (κ3) is 4.60. The molecule has 8 heteroatoms. The van der Waals surface area contributed by atoms with E-state index in [0.717, 1.165) is 0 Å². The molecular formula is C24H26N2O6. The smallest absolute Gasteiger partial charge is 0.308 e. The van der Waals surface area contributed by atoms with Crippen molar-refractivity contribution >= 4 is 23.5 Å². The second-order valence-electron chi connectivity index (χ2n) is 7.98. The van der Waals surface area contributed by atoms with E-state index in [0.29, 0.717) is 35.4 Å². The van der Waals surface area contributed by atoms with Crippen molar-refractivity contribution in [3.8, 4) is 5.75 Å². The van der Waals surface area contributed by atoms with E-state index in [1.54, 1.807) is 54.4 Å². The largest absolute Gasteiger partial charge is 0.490 e. The average Bonchev–Trinajstić information content (AvgIpc) is 2.82. The van der Waals surface area contributed by atoms with E-state index in [4.69, 9.17) is 14.2 Å². The quantitative estimate of drug-likeness (QED) is 0.738. The van der Waals surface area contributed by atoms with E-state index in [1.165, 1.54) is 7.11 Å². The first-order chi connectivity index (χ1) is 15.5. The number of ether oxygens (including phenoxy) is 3. The number of nitrogens with one attached hydrogen (secondary N) is 1. The lowest BCUT2D eigenvalue weighted by atomic mass is 9.94. The Morgan fingerprint density at radius 1 is 1.16 bits per heavy atom. The summed E-state index contributed by atoms with van der Waals surface area (Å²) in [5.41, 5.74) is 1.43. The zero-order chi connectivity index (χ0) is 22.7. The Morgan fingerprint density at radius 3 is 2.69 bits per heavy atom. The molecule has 3 atom stereocenters. The van der Waals surface area contributed by atoms with Gasteiger partial charge in [0.15, 0.2) is 0 Å². The Morgan fingerprint density at radius 2 is 1.94 bits per heavy atom. The number of anilines is 1. The molecule has 0 spiro atoms. The molecule has 0 radical (unpaired) electrons. The van der Waals surface area contributed by atoms with Gasteiger partial charge in [-0.05, 0) is 43.2 Å². The van der Waals surface area contributed by atoms with Crippen LogP contribution in [0.1, 0.15) is 40.0 Å². The number of hydrogen-bond donors (Lipinski definition) is 1. The molecule has 2 aromatic carbocycles. The van der Waals surface area contributed by atoms with Crippen molar-refractivity contribution in [1.29, 1.82) is 0 Å². The number of methoxy groups -OCH3 is 1. The number of carbonyl (C=O) groups excluding carboxylic acids is 3. The first-order valence-electron chi connectivity index (χ1n) is 10.6. The Hall–Kier alpha value is -3.39. The van der Waals surface area contributed by atoms with Crippen molar-refractivity contribution < 1.29 is 28.6 Å². The van der Waals surface area contributed by atoms with E-state index < -0.39 is 0 Å². The van der Waals surface area contributed by atoms with Gasteiger partial charge in [-0.25, -0.2) is 0 Å². The molecule has 1 N–H and O–H groups in total. The van der Waals surface area contributed by atoms with Crippen molar-refractivity contribution in [3.05, 3.63) is 59.7 Å². The number of benzene rings is 2. The van der Waals surface area contributed by atoms with Crippen molar-refractivity contribution in [1.82, 2.24) is 4.90 Å². The Balaban J connectivity index is 1.52. The van der Waals surface area contributed by atoms with Gasteiger partial charge < -0.3 is 24.4 Å². The molecule has 1 fully saturated rings. The minimum atomic E-state index is -0.349. The van der Waals surface area contributed by atoms with Crippen LogP contribution in [0.15, 0.2) is 48.5 Å². The van der Waals surface area contributed by atoms with E-state index in [9.17, 15) is 14.4 Å². The summed E-state index contributed by atoms with van der Waals surface area (Å²) in [5.74, 6) is -0.354. The lowest BCUT2D eigenvalue weighted by Crippen LogP contribution is -2.53. The molecule has 0 aliphatic carbocycles. The molecule has 4 rings (SSSR count). The summed E-state index contributed by atoms with van der Waals surface area (Å²) < 4.78 is 16.8. The number of rotatable bonds is 4. The van der Waals surface area contributed by atoms with Crippen molar-refractivity contribution in [2.45, 2.75) is 37.5 Å². The van der Waals surface area contributed by atoms with Crippen LogP contribution in [0, 0.1) is 0 Å². The van der Waals surface area contributed by atoms with Gasteiger partial charge in [0.2, 0.25) is 0 Å². The maximum Gasteiger partial charge on any atom is 0.308 e. The van der Waals surface area contributed by atoms with Crippen LogP contribution in [0.25, 0.3) is 0 Å². The maximum absolute atomic E-state index is 13.3. The summed E-state index contributed by atoms with van der Waals surface area (Å²) in [6.07, 6.45) is 0.910. The fourth-order valence-corrected chi connectivity index (χ4v) is 4.17. The van der Waals surface area contributed by atoms with E-state index in [-0.39, 0.29) is 49.1 Å². The third-order valence-corrected chi connectivity index (χ3v) is 5.93. The van der Waals surface area contributed by atoms with Crippen LogP contribution in [0.4, 0.5) is 5.69 Å². The zero-order valence-electron chi connectivity index (χ0n) is 18.1. The molecule has 0 bridgehead atoms. The molecule has 8 nitrogen and oxygen atoms in total. The molecule has 32 heavy (non-hydrogen) atoms. The number of fused-ring (bicyclic) bond motifs is 2. The first kappa shape index (κ1) is 21.8.